The van der Waals surface area contributed by atoms with Gasteiger partial charge in [0.05, 0.1) is 0 Å². The molecule has 0 heterocycles. The van der Waals surface area contributed by atoms with Crippen LogP contribution in [0, 0.1) is 11.6 Å². The second-order valence-corrected chi connectivity index (χ2v) is 5.64. The summed E-state index contributed by atoms with van der Waals surface area (Å²) in [7, 11) is 0. The number of benzene rings is 1. The van der Waals surface area contributed by atoms with Crippen LogP contribution >= 0.6 is 0 Å². The lowest BCUT2D eigenvalue weighted by atomic mass is 9.93. The maximum atomic E-state index is 13.8. The topological polar surface area (TPSA) is 29.3 Å². The molecule has 0 aliphatic heterocycles. The van der Waals surface area contributed by atoms with Crippen LogP contribution in [0.5, 0.6) is 0 Å². The number of nitrogens with two attached hydrogens (primary N) is 1. The second kappa shape index (κ2) is 7.70. The van der Waals surface area contributed by atoms with Crippen molar-refractivity contribution in [2.75, 3.05) is 13.1 Å². The highest BCUT2D eigenvalue weighted by Crippen LogP contribution is 2.25. The molecule has 2 rings (SSSR count). The smallest absolute Gasteiger partial charge is 0.127 e. The van der Waals surface area contributed by atoms with Crippen molar-refractivity contribution in [3.8, 4) is 0 Å². The van der Waals surface area contributed by atoms with Crippen molar-refractivity contribution in [3.05, 3.63) is 35.4 Å². The summed E-state index contributed by atoms with van der Waals surface area (Å²) in [6, 6.07) is 4.18. The zero-order valence-corrected chi connectivity index (χ0v) is 12.0. The molecule has 1 aromatic rings. The van der Waals surface area contributed by atoms with Crippen LogP contribution in [-0.2, 0) is 6.54 Å². The highest BCUT2D eigenvalue weighted by Gasteiger charge is 2.21. The Balaban J connectivity index is 2.07. The summed E-state index contributed by atoms with van der Waals surface area (Å²) in [4.78, 5) is 2.28. The lowest BCUT2D eigenvalue weighted by Gasteiger charge is -2.34. The molecule has 4 heteroatoms. The van der Waals surface area contributed by atoms with Crippen LogP contribution in [0.25, 0.3) is 0 Å². The second-order valence-electron chi connectivity index (χ2n) is 5.64. The maximum absolute atomic E-state index is 13.8. The van der Waals surface area contributed by atoms with Gasteiger partial charge in [-0.05, 0) is 50.6 Å². The van der Waals surface area contributed by atoms with Gasteiger partial charge in [0.2, 0.25) is 0 Å². The van der Waals surface area contributed by atoms with E-state index in [1.165, 1.54) is 37.5 Å². The number of halogens is 2. The summed E-state index contributed by atoms with van der Waals surface area (Å²) in [5, 5.41) is 0. The number of rotatable bonds is 6. The van der Waals surface area contributed by atoms with E-state index < -0.39 is 0 Å². The Labute approximate surface area is 120 Å². The first-order valence-electron chi connectivity index (χ1n) is 7.58. The van der Waals surface area contributed by atoms with Gasteiger partial charge in [-0.25, -0.2) is 8.78 Å². The first kappa shape index (κ1) is 15.4. The highest BCUT2D eigenvalue weighted by atomic mass is 19.1. The van der Waals surface area contributed by atoms with Gasteiger partial charge in [-0.2, -0.15) is 0 Å². The van der Waals surface area contributed by atoms with Crippen LogP contribution in [0.3, 0.4) is 0 Å². The molecule has 0 aromatic heterocycles. The molecular formula is C16H24F2N2. The van der Waals surface area contributed by atoms with Gasteiger partial charge in [0, 0.05) is 18.2 Å². The van der Waals surface area contributed by atoms with Crippen molar-refractivity contribution in [2.24, 2.45) is 5.73 Å². The normalized spacial score (nSPS) is 16.8. The highest BCUT2D eigenvalue weighted by molar-refractivity contribution is 5.18. The van der Waals surface area contributed by atoms with E-state index >= 15 is 0 Å². The summed E-state index contributed by atoms with van der Waals surface area (Å²) >= 11 is 0. The Morgan fingerprint density at radius 1 is 1.15 bits per heavy atom. The molecule has 2 nitrogen and oxygen atoms in total. The molecule has 0 unspecified atom stereocenters. The summed E-state index contributed by atoms with van der Waals surface area (Å²) in [5.41, 5.74) is 6.04. The average Bonchev–Trinajstić information content (AvgIpc) is 2.48. The third-order valence-electron chi connectivity index (χ3n) is 4.12. The third kappa shape index (κ3) is 4.25. The molecule has 20 heavy (non-hydrogen) atoms. The molecule has 1 saturated carbocycles. The first-order chi connectivity index (χ1) is 9.70. The standard InChI is InChI=1S/C16H24F2N2/c17-14-7-8-16(18)13(11-14)12-20(10-4-9-19)15-5-2-1-3-6-15/h7-8,11,15H,1-6,9-10,12,19H2. The quantitative estimate of drug-likeness (QED) is 0.866. The minimum Gasteiger partial charge on any atom is -0.330 e. The van der Waals surface area contributed by atoms with Crippen molar-refractivity contribution in [3.63, 3.8) is 0 Å². The largest absolute Gasteiger partial charge is 0.330 e. The van der Waals surface area contributed by atoms with Gasteiger partial charge in [-0.1, -0.05) is 19.3 Å². The van der Waals surface area contributed by atoms with Gasteiger partial charge >= 0.3 is 0 Å². The molecule has 1 aromatic carbocycles. The van der Waals surface area contributed by atoms with Gasteiger partial charge in [-0.15, -0.1) is 0 Å². The third-order valence-corrected chi connectivity index (χ3v) is 4.12. The van der Waals surface area contributed by atoms with Crippen LogP contribution in [0.4, 0.5) is 8.78 Å². The molecule has 1 fully saturated rings. The van der Waals surface area contributed by atoms with Crippen molar-refractivity contribution in [2.45, 2.75) is 51.1 Å². The van der Waals surface area contributed by atoms with E-state index in [0.29, 0.717) is 24.7 Å². The number of hydrogen-bond acceptors (Lipinski definition) is 2. The maximum Gasteiger partial charge on any atom is 0.127 e. The Bertz CT molecular complexity index is 417. The lowest BCUT2D eigenvalue weighted by molar-refractivity contribution is 0.145. The van der Waals surface area contributed by atoms with E-state index in [4.69, 9.17) is 5.73 Å². The van der Waals surface area contributed by atoms with Crippen molar-refractivity contribution < 1.29 is 8.78 Å². The minimum atomic E-state index is -0.371. The monoisotopic (exact) mass is 282 g/mol. The molecule has 1 aliphatic carbocycles. The van der Waals surface area contributed by atoms with E-state index in [2.05, 4.69) is 4.90 Å². The molecule has 0 saturated heterocycles. The lowest BCUT2D eigenvalue weighted by Crippen LogP contribution is -2.38. The molecule has 0 amide bonds. The van der Waals surface area contributed by atoms with Crippen LogP contribution < -0.4 is 5.73 Å². The number of hydrogen-bond donors (Lipinski definition) is 1. The van der Waals surface area contributed by atoms with Gasteiger partial charge in [0.25, 0.3) is 0 Å². The first-order valence-corrected chi connectivity index (χ1v) is 7.58. The molecule has 0 bridgehead atoms. The summed E-state index contributed by atoms with van der Waals surface area (Å²) < 4.78 is 27.1. The van der Waals surface area contributed by atoms with Gasteiger partial charge < -0.3 is 5.73 Å². The van der Waals surface area contributed by atoms with Crippen LogP contribution in [0.1, 0.15) is 44.1 Å². The van der Waals surface area contributed by atoms with E-state index in [0.717, 1.165) is 25.8 Å². The van der Waals surface area contributed by atoms with Crippen LogP contribution in [0.2, 0.25) is 0 Å². The average molecular weight is 282 g/mol. The Hall–Kier alpha value is -1.00. The summed E-state index contributed by atoms with van der Waals surface area (Å²) in [6.45, 7) is 1.97. The fourth-order valence-electron chi connectivity index (χ4n) is 3.01. The van der Waals surface area contributed by atoms with E-state index in [1.807, 2.05) is 0 Å². The molecular weight excluding hydrogens is 258 g/mol. The molecule has 0 spiro atoms. The molecule has 0 atom stereocenters. The Kier molecular flexibility index (Phi) is 5.92. The predicted molar refractivity (Wildman–Crippen MR) is 77.3 cm³/mol. The van der Waals surface area contributed by atoms with Gasteiger partial charge in [0.1, 0.15) is 11.6 Å². The molecule has 0 radical (unpaired) electrons. The SMILES string of the molecule is NCCCN(Cc1cc(F)ccc1F)C1CCCCC1. The summed E-state index contributed by atoms with van der Waals surface area (Å²) in [6.07, 6.45) is 6.96. The summed E-state index contributed by atoms with van der Waals surface area (Å²) in [5.74, 6) is -0.691. The van der Waals surface area contributed by atoms with E-state index in [1.54, 1.807) is 0 Å². The van der Waals surface area contributed by atoms with E-state index in [9.17, 15) is 8.78 Å². The predicted octanol–water partition coefficient (Wildman–Crippen LogP) is 3.45. The van der Waals surface area contributed by atoms with E-state index in [-0.39, 0.29) is 11.6 Å². The van der Waals surface area contributed by atoms with Crippen molar-refractivity contribution in [1.29, 1.82) is 0 Å². The Morgan fingerprint density at radius 2 is 1.90 bits per heavy atom. The van der Waals surface area contributed by atoms with Crippen LogP contribution in [-0.4, -0.2) is 24.0 Å². The molecule has 112 valence electrons. The van der Waals surface area contributed by atoms with Gasteiger partial charge in [-0.3, -0.25) is 4.90 Å². The van der Waals surface area contributed by atoms with Crippen molar-refractivity contribution >= 4 is 0 Å². The fourth-order valence-corrected chi connectivity index (χ4v) is 3.01. The minimum absolute atomic E-state index is 0.319. The fraction of sp³-hybridized carbons (Fsp3) is 0.625. The zero-order chi connectivity index (χ0) is 14.4. The molecule has 1 aliphatic rings. The number of nitrogens with zero attached hydrogens (tertiary/aromatic N) is 1. The van der Waals surface area contributed by atoms with Gasteiger partial charge in [0.15, 0.2) is 0 Å². The van der Waals surface area contributed by atoms with Crippen LogP contribution in [0.15, 0.2) is 18.2 Å². The zero-order valence-electron chi connectivity index (χ0n) is 12.0. The van der Waals surface area contributed by atoms with Crippen molar-refractivity contribution in [1.82, 2.24) is 4.90 Å². The molecule has 2 N–H and O–H groups in total. The Morgan fingerprint density at radius 3 is 2.60 bits per heavy atom.